The second-order valence-corrected chi connectivity index (χ2v) is 3.96. The molecule has 1 aromatic carbocycles. The maximum atomic E-state index is 11.6. The summed E-state index contributed by atoms with van der Waals surface area (Å²) in [6.07, 6.45) is 0.604. The van der Waals surface area contributed by atoms with Gasteiger partial charge in [0.25, 0.3) is 0 Å². The lowest BCUT2D eigenvalue weighted by Crippen LogP contribution is -2.41. The number of ether oxygens (including phenoxy) is 1. The highest BCUT2D eigenvalue weighted by Crippen LogP contribution is 2.22. The number of carbonyl (C=O) groups excluding carboxylic acids is 1. The molecule has 16 heavy (non-hydrogen) atoms. The molecule has 0 spiro atoms. The molecule has 1 amide bonds. The first-order valence-corrected chi connectivity index (χ1v) is 5.75. The van der Waals surface area contributed by atoms with Crippen molar-refractivity contribution in [2.45, 2.75) is 19.4 Å². The molecule has 0 bridgehead atoms. The van der Waals surface area contributed by atoms with Crippen molar-refractivity contribution in [2.75, 3.05) is 19.7 Å². The van der Waals surface area contributed by atoms with Gasteiger partial charge >= 0.3 is 0 Å². The fourth-order valence-electron chi connectivity index (χ4n) is 1.97. The van der Waals surface area contributed by atoms with Crippen LogP contribution in [0, 0.1) is 0 Å². The van der Waals surface area contributed by atoms with E-state index in [4.69, 9.17) is 4.74 Å². The Balaban J connectivity index is 2.05. The van der Waals surface area contributed by atoms with E-state index in [1.54, 1.807) is 0 Å². The molecule has 1 aliphatic heterocycles. The molecule has 0 aromatic heterocycles. The molecule has 1 atom stereocenters. The van der Waals surface area contributed by atoms with Crippen molar-refractivity contribution in [2.24, 2.45) is 0 Å². The first-order valence-electron chi connectivity index (χ1n) is 5.75. The average molecular weight is 219 g/mol. The monoisotopic (exact) mass is 219 g/mol. The molecule has 2 rings (SSSR count). The van der Waals surface area contributed by atoms with Crippen molar-refractivity contribution < 1.29 is 9.53 Å². The van der Waals surface area contributed by atoms with Gasteiger partial charge in [0.1, 0.15) is 6.10 Å². The summed E-state index contributed by atoms with van der Waals surface area (Å²) in [5.41, 5.74) is 1.15. The van der Waals surface area contributed by atoms with Gasteiger partial charge in [-0.2, -0.15) is 0 Å². The number of hydrogen-bond donors (Lipinski definition) is 0. The quantitative estimate of drug-likeness (QED) is 0.761. The van der Waals surface area contributed by atoms with Gasteiger partial charge in [0.15, 0.2) is 0 Å². The van der Waals surface area contributed by atoms with E-state index in [1.807, 2.05) is 42.2 Å². The minimum atomic E-state index is 0.0328. The summed E-state index contributed by atoms with van der Waals surface area (Å²) >= 11 is 0. The van der Waals surface area contributed by atoms with E-state index >= 15 is 0 Å². The molecule has 0 aliphatic carbocycles. The summed E-state index contributed by atoms with van der Waals surface area (Å²) in [5.74, 6) is 0.212. The number of nitrogens with zero attached hydrogens (tertiary/aromatic N) is 1. The second-order valence-electron chi connectivity index (χ2n) is 3.96. The minimum Gasteiger partial charge on any atom is -0.370 e. The molecule has 1 unspecified atom stereocenters. The van der Waals surface area contributed by atoms with Crippen LogP contribution in [0.15, 0.2) is 30.3 Å². The minimum absolute atomic E-state index is 0.0328. The molecule has 1 saturated heterocycles. The lowest BCUT2D eigenvalue weighted by Gasteiger charge is -2.33. The van der Waals surface area contributed by atoms with Gasteiger partial charge in [-0.05, 0) is 5.56 Å². The van der Waals surface area contributed by atoms with Crippen LogP contribution in [0.1, 0.15) is 25.0 Å². The lowest BCUT2D eigenvalue weighted by molar-refractivity contribution is -0.138. The van der Waals surface area contributed by atoms with Crippen molar-refractivity contribution >= 4 is 5.91 Å². The SMILES string of the molecule is CCC(=O)N1CCOC(c2ccccc2)C1. The Morgan fingerprint density at radius 1 is 1.44 bits per heavy atom. The van der Waals surface area contributed by atoms with E-state index in [-0.39, 0.29) is 12.0 Å². The molecule has 3 heteroatoms. The molecule has 3 nitrogen and oxygen atoms in total. The predicted molar refractivity (Wildman–Crippen MR) is 62.0 cm³/mol. The number of amides is 1. The number of morpholine rings is 1. The van der Waals surface area contributed by atoms with E-state index in [0.29, 0.717) is 19.6 Å². The predicted octanol–water partition coefficient (Wildman–Crippen LogP) is 2.00. The van der Waals surface area contributed by atoms with Crippen molar-refractivity contribution in [3.8, 4) is 0 Å². The van der Waals surface area contributed by atoms with E-state index in [2.05, 4.69) is 0 Å². The van der Waals surface area contributed by atoms with Crippen LogP contribution in [0.5, 0.6) is 0 Å². The Hall–Kier alpha value is -1.35. The van der Waals surface area contributed by atoms with E-state index in [0.717, 1.165) is 12.1 Å². The van der Waals surface area contributed by atoms with Crippen LogP contribution >= 0.6 is 0 Å². The van der Waals surface area contributed by atoms with E-state index in [1.165, 1.54) is 0 Å². The summed E-state index contributed by atoms with van der Waals surface area (Å²) in [6.45, 7) is 3.92. The Labute approximate surface area is 96.0 Å². The average Bonchev–Trinajstić information content (AvgIpc) is 2.39. The summed E-state index contributed by atoms with van der Waals surface area (Å²) in [5, 5.41) is 0. The smallest absolute Gasteiger partial charge is 0.222 e. The summed E-state index contributed by atoms with van der Waals surface area (Å²) in [7, 11) is 0. The zero-order valence-corrected chi connectivity index (χ0v) is 9.56. The van der Waals surface area contributed by atoms with Crippen molar-refractivity contribution in [3.63, 3.8) is 0 Å². The van der Waals surface area contributed by atoms with Gasteiger partial charge in [0, 0.05) is 13.0 Å². The third kappa shape index (κ3) is 2.42. The first kappa shape index (κ1) is 11.1. The van der Waals surface area contributed by atoms with Gasteiger partial charge in [0.05, 0.1) is 13.2 Å². The maximum absolute atomic E-state index is 11.6. The van der Waals surface area contributed by atoms with Crippen LogP contribution in [0.3, 0.4) is 0 Å². The first-order chi connectivity index (χ1) is 7.81. The zero-order chi connectivity index (χ0) is 11.4. The highest BCUT2D eigenvalue weighted by Gasteiger charge is 2.23. The molecule has 1 aromatic rings. The molecule has 86 valence electrons. The summed E-state index contributed by atoms with van der Waals surface area (Å²) in [6, 6.07) is 10.1. The van der Waals surface area contributed by atoms with Crippen LogP contribution in [0.2, 0.25) is 0 Å². The van der Waals surface area contributed by atoms with Crippen LogP contribution in [0.4, 0.5) is 0 Å². The molecule has 0 saturated carbocycles. The van der Waals surface area contributed by atoms with Gasteiger partial charge in [-0.25, -0.2) is 0 Å². The van der Waals surface area contributed by atoms with E-state index in [9.17, 15) is 4.79 Å². The third-order valence-corrected chi connectivity index (χ3v) is 2.89. The molecular formula is C13H17NO2. The third-order valence-electron chi connectivity index (χ3n) is 2.89. The van der Waals surface area contributed by atoms with Crippen molar-refractivity contribution in [1.29, 1.82) is 0 Å². The standard InChI is InChI=1S/C13H17NO2/c1-2-13(15)14-8-9-16-12(10-14)11-6-4-3-5-7-11/h3-7,12H,2,8-10H2,1H3. The van der Waals surface area contributed by atoms with E-state index < -0.39 is 0 Å². The normalized spacial score (nSPS) is 20.8. The van der Waals surface area contributed by atoms with Crippen LogP contribution < -0.4 is 0 Å². The molecule has 0 radical (unpaired) electrons. The van der Waals surface area contributed by atoms with Crippen LogP contribution in [-0.2, 0) is 9.53 Å². The highest BCUT2D eigenvalue weighted by atomic mass is 16.5. The Morgan fingerprint density at radius 2 is 2.19 bits per heavy atom. The Bertz CT molecular complexity index is 350. The Morgan fingerprint density at radius 3 is 2.88 bits per heavy atom. The number of hydrogen-bond acceptors (Lipinski definition) is 2. The van der Waals surface area contributed by atoms with Gasteiger partial charge in [-0.3, -0.25) is 4.79 Å². The lowest BCUT2D eigenvalue weighted by atomic mass is 10.1. The Kier molecular flexibility index (Phi) is 3.57. The van der Waals surface area contributed by atoms with Gasteiger partial charge in [-0.15, -0.1) is 0 Å². The molecular weight excluding hydrogens is 202 g/mol. The largest absolute Gasteiger partial charge is 0.370 e. The maximum Gasteiger partial charge on any atom is 0.222 e. The summed E-state index contributed by atoms with van der Waals surface area (Å²) < 4.78 is 5.70. The topological polar surface area (TPSA) is 29.5 Å². The van der Waals surface area contributed by atoms with Crippen LogP contribution in [-0.4, -0.2) is 30.5 Å². The van der Waals surface area contributed by atoms with Crippen molar-refractivity contribution in [3.05, 3.63) is 35.9 Å². The highest BCUT2D eigenvalue weighted by molar-refractivity contribution is 5.75. The molecule has 0 N–H and O–H groups in total. The van der Waals surface area contributed by atoms with Gasteiger partial charge in [0.2, 0.25) is 5.91 Å². The fourth-order valence-corrected chi connectivity index (χ4v) is 1.97. The summed E-state index contributed by atoms with van der Waals surface area (Å²) in [4.78, 5) is 13.5. The van der Waals surface area contributed by atoms with Crippen molar-refractivity contribution in [1.82, 2.24) is 4.90 Å². The zero-order valence-electron chi connectivity index (χ0n) is 9.56. The van der Waals surface area contributed by atoms with Crippen LogP contribution in [0.25, 0.3) is 0 Å². The number of benzene rings is 1. The molecule has 1 fully saturated rings. The molecule has 1 aliphatic rings. The second kappa shape index (κ2) is 5.12. The number of rotatable bonds is 2. The van der Waals surface area contributed by atoms with Gasteiger partial charge < -0.3 is 9.64 Å². The molecule has 1 heterocycles. The number of carbonyl (C=O) groups is 1. The van der Waals surface area contributed by atoms with Gasteiger partial charge in [-0.1, -0.05) is 37.3 Å². The fraction of sp³-hybridized carbons (Fsp3) is 0.462.